The van der Waals surface area contributed by atoms with E-state index in [1.807, 2.05) is 27.7 Å². The molecular weight excluding hydrogens is 536 g/mol. The van der Waals surface area contributed by atoms with Crippen molar-refractivity contribution in [2.45, 2.75) is 92.9 Å². The second kappa shape index (κ2) is 21.6. The Morgan fingerprint density at radius 2 is 1.26 bits per heavy atom. The van der Waals surface area contributed by atoms with E-state index >= 15 is 0 Å². The number of hydrogen-bond acceptors (Lipinski definition) is 8. The quantitative estimate of drug-likeness (QED) is 0.224. The molecule has 0 spiro atoms. The summed E-state index contributed by atoms with van der Waals surface area (Å²) in [5, 5.41) is 17.3. The first-order valence-corrected chi connectivity index (χ1v) is 15.0. The van der Waals surface area contributed by atoms with Crippen LogP contribution in [-0.4, -0.2) is 61.8 Å². The van der Waals surface area contributed by atoms with Crippen LogP contribution < -0.4 is 9.47 Å². The van der Waals surface area contributed by atoms with Crippen molar-refractivity contribution in [2.24, 2.45) is 0 Å². The molecule has 236 valence electrons. The number of unbranched alkanes of at least 4 members (excludes halogenated alkanes) is 2. The lowest BCUT2D eigenvalue weighted by atomic mass is 10.1. The molecule has 42 heavy (non-hydrogen) atoms. The van der Waals surface area contributed by atoms with Crippen molar-refractivity contribution in [3.63, 3.8) is 0 Å². The Morgan fingerprint density at radius 1 is 0.714 bits per heavy atom. The molecular formula is C34H52O8. The maximum absolute atomic E-state index is 11.5. The minimum absolute atomic E-state index is 0.0255. The average Bonchev–Trinajstić information content (AvgIpc) is 3.17. The van der Waals surface area contributed by atoms with Crippen LogP contribution in [0.2, 0.25) is 0 Å². The van der Waals surface area contributed by atoms with E-state index in [2.05, 4.69) is 38.1 Å². The number of rotatable bonds is 12. The van der Waals surface area contributed by atoms with Crippen LogP contribution >= 0.6 is 0 Å². The molecule has 1 heterocycles. The summed E-state index contributed by atoms with van der Waals surface area (Å²) in [6, 6.07) is 8.32. The third-order valence-corrected chi connectivity index (χ3v) is 6.47. The highest BCUT2D eigenvalue weighted by Crippen LogP contribution is 2.25. The highest BCUT2D eigenvalue weighted by Gasteiger charge is 2.07. The zero-order valence-corrected chi connectivity index (χ0v) is 26.6. The van der Waals surface area contributed by atoms with E-state index in [9.17, 15) is 9.59 Å². The number of esters is 2. The van der Waals surface area contributed by atoms with Gasteiger partial charge in [-0.05, 0) is 95.9 Å². The third kappa shape index (κ3) is 15.8. The van der Waals surface area contributed by atoms with Gasteiger partial charge in [-0.15, -0.1) is 0 Å². The predicted molar refractivity (Wildman–Crippen MR) is 165 cm³/mol. The van der Waals surface area contributed by atoms with Crippen molar-refractivity contribution in [2.75, 3.05) is 39.6 Å². The standard InChI is InChI=1S/C17H26O4.C11H16O2.C6H10O2/c1-13-11-14(2)17(15(3)12-13)21-10-9-20-16(19)7-5-4-6-8-18;1-8-6-9(2)11(10(3)7-8)13-5-4-12;7-6-4-2-1-3-5-8-6/h11-12,18H,4-10H2,1-3H3;6-7,12H,4-5H2,1-3H3;1-5H2. The number of aliphatic hydroxyl groups is 2. The van der Waals surface area contributed by atoms with Gasteiger partial charge in [0.25, 0.3) is 0 Å². The largest absolute Gasteiger partial charge is 0.491 e. The average molecular weight is 589 g/mol. The van der Waals surface area contributed by atoms with Crippen LogP contribution in [-0.2, 0) is 19.1 Å². The van der Waals surface area contributed by atoms with E-state index in [4.69, 9.17) is 29.2 Å². The lowest BCUT2D eigenvalue weighted by Crippen LogP contribution is -2.13. The SMILES string of the molecule is Cc1cc(C)c(OCCO)c(C)c1.Cc1cc(C)c(OCCOC(=O)CCCCCO)c(C)c1.O=C1CCCCCO1. The molecule has 0 aliphatic carbocycles. The Balaban J connectivity index is 0.000000354. The smallest absolute Gasteiger partial charge is 0.305 e. The Labute approximate surface area is 252 Å². The highest BCUT2D eigenvalue weighted by molar-refractivity contribution is 5.69. The van der Waals surface area contributed by atoms with Crippen LogP contribution in [0, 0.1) is 41.5 Å². The molecule has 0 aromatic heterocycles. The Bertz CT molecular complexity index is 1020. The molecule has 2 aromatic carbocycles. The fourth-order valence-corrected chi connectivity index (χ4v) is 4.67. The molecule has 1 saturated heterocycles. The van der Waals surface area contributed by atoms with E-state index in [0.717, 1.165) is 72.3 Å². The van der Waals surface area contributed by atoms with Crippen LogP contribution in [0.5, 0.6) is 11.5 Å². The van der Waals surface area contributed by atoms with Crippen LogP contribution in [0.1, 0.15) is 84.7 Å². The Morgan fingerprint density at radius 3 is 1.79 bits per heavy atom. The number of aliphatic hydroxyl groups excluding tert-OH is 2. The summed E-state index contributed by atoms with van der Waals surface area (Å²) in [5.74, 6) is 1.55. The van der Waals surface area contributed by atoms with E-state index in [0.29, 0.717) is 32.7 Å². The summed E-state index contributed by atoms with van der Waals surface area (Å²) in [5.41, 5.74) is 6.92. The molecule has 8 nitrogen and oxygen atoms in total. The van der Waals surface area contributed by atoms with Gasteiger partial charge < -0.3 is 29.2 Å². The number of carbonyl (C=O) groups is 2. The van der Waals surface area contributed by atoms with Crippen molar-refractivity contribution in [1.29, 1.82) is 0 Å². The lowest BCUT2D eigenvalue weighted by Gasteiger charge is -2.13. The molecule has 0 amide bonds. The number of benzene rings is 2. The maximum atomic E-state index is 11.5. The van der Waals surface area contributed by atoms with Gasteiger partial charge >= 0.3 is 11.9 Å². The summed E-state index contributed by atoms with van der Waals surface area (Å²) >= 11 is 0. The fraction of sp³-hybridized carbons (Fsp3) is 0.588. The molecule has 8 heteroatoms. The minimum Gasteiger partial charge on any atom is -0.491 e. The summed E-state index contributed by atoms with van der Waals surface area (Å²) in [4.78, 5) is 21.9. The number of cyclic esters (lactones) is 1. The van der Waals surface area contributed by atoms with Crippen LogP contribution in [0.4, 0.5) is 0 Å². The molecule has 1 aliphatic rings. The zero-order valence-electron chi connectivity index (χ0n) is 26.6. The number of carbonyl (C=O) groups excluding carboxylic acids is 2. The molecule has 1 fully saturated rings. The van der Waals surface area contributed by atoms with Gasteiger partial charge in [-0.25, -0.2) is 0 Å². The lowest BCUT2D eigenvalue weighted by molar-refractivity contribution is -0.144. The van der Waals surface area contributed by atoms with E-state index in [1.165, 1.54) is 11.1 Å². The van der Waals surface area contributed by atoms with Gasteiger partial charge in [-0.1, -0.05) is 41.8 Å². The van der Waals surface area contributed by atoms with Gasteiger partial charge in [-0.3, -0.25) is 9.59 Å². The summed E-state index contributed by atoms with van der Waals surface area (Å²) in [6.45, 7) is 14.1. The van der Waals surface area contributed by atoms with Crippen molar-refractivity contribution >= 4 is 11.9 Å². The predicted octanol–water partition coefficient (Wildman–Crippen LogP) is 6.17. The van der Waals surface area contributed by atoms with E-state index in [1.54, 1.807) is 0 Å². The van der Waals surface area contributed by atoms with Crippen molar-refractivity contribution < 1.29 is 38.7 Å². The normalized spacial score (nSPS) is 12.5. The van der Waals surface area contributed by atoms with Gasteiger partial charge in [-0.2, -0.15) is 0 Å². The third-order valence-electron chi connectivity index (χ3n) is 6.47. The van der Waals surface area contributed by atoms with Crippen LogP contribution in [0.3, 0.4) is 0 Å². The molecule has 2 N–H and O–H groups in total. The van der Waals surface area contributed by atoms with Gasteiger partial charge in [0.1, 0.15) is 31.3 Å². The van der Waals surface area contributed by atoms with Gasteiger partial charge in [0.2, 0.25) is 0 Å². The zero-order chi connectivity index (χ0) is 31.3. The molecule has 0 saturated carbocycles. The fourth-order valence-electron chi connectivity index (χ4n) is 4.67. The van der Waals surface area contributed by atoms with Crippen molar-refractivity contribution in [1.82, 2.24) is 0 Å². The number of hydrogen-bond donors (Lipinski definition) is 2. The first-order valence-electron chi connectivity index (χ1n) is 15.0. The van der Waals surface area contributed by atoms with Crippen molar-refractivity contribution in [3.8, 4) is 11.5 Å². The van der Waals surface area contributed by atoms with Crippen molar-refractivity contribution in [3.05, 3.63) is 57.6 Å². The molecule has 1 aliphatic heterocycles. The second-order valence-electron chi connectivity index (χ2n) is 10.7. The summed E-state index contributed by atoms with van der Waals surface area (Å²) in [7, 11) is 0. The number of aryl methyl sites for hydroxylation is 6. The maximum Gasteiger partial charge on any atom is 0.305 e. The molecule has 0 atom stereocenters. The van der Waals surface area contributed by atoms with E-state index in [-0.39, 0.29) is 31.8 Å². The second-order valence-corrected chi connectivity index (χ2v) is 10.7. The summed E-state index contributed by atoms with van der Waals surface area (Å²) < 4.78 is 21.0. The van der Waals surface area contributed by atoms with Gasteiger partial charge in [0.15, 0.2) is 0 Å². The summed E-state index contributed by atoms with van der Waals surface area (Å²) in [6.07, 6.45) is 6.58. The van der Waals surface area contributed by atoms with Gasteiger partial charge in [0.05, 0.1) is 13.2 Å². The van der Waals surface area contributed by atoms with E-state index < -0.39 is 0 Å². The van der Waals surface area contributed by atoms with Crippen LogP contribution in [0.25, 0.3) is 0 Å². The first kappa shape index (κ1) is 36.9. The molecule has 0 unspecified atom stereocenters. The molecule has 2 aromatic rings. The topological polar surface area (TPSA) is 112 Å². The molecule has 0 radical (unpaired) electrons. The number of ether oxygens (including phenoxy) is 4. The monoisotopic (exact) mass is 588 g/mol. The van der Waals surface area contributed by atoms with Gasteiger partial charge in [0, 0.05) is 19.4 Å². The minimum atomic E-state index is -0.200. The van der Waals surface area contributed by atoms with Crippen LogP contribution in [0.15, 0.2) is 24.3 Å². The molecule has 3 rings (SSSR count). The first-order chi connectivity index (χ1) is 20.1. The molecule has 0 bridgehead atoms. The Hall–Kier alpha value is -3.10. The highest BCUT2D eigenvalue weighted by atomic mass is 16.6. The Kier molecular flexibility index (Phi) is 19.0.